The van der Waals surface area contributed by atoms with Crippen LogP contribution in [0.5, 0.6) is 0 Å². The van der Waals surface area contributed by atoms with Gasteiger partial charge in [-0.3, -0.25) is 24.7 Å². The van der Waals surface area contributed by atoms with Gasteiger partial charge in [-0.1, -0.05) is 6.08 Å². The smallest absolute Gasteiger partial charge is 0.313 e. The van der Waals surface area contributed by atoms with Crippen LogP contribution in [-0.4, -0.2) is 41.6 Å². The molecule has 8 heteroatoms. The van der Waals surface area contributed by atoms with Gasteiger partial charge in [-0.05, 0) is 12.5 Å². The van der Waals surface area contributed by atoms with E-state index in [4.69, 9.17) is 0 Å². The number of nitrogens with one attached hydrogen (secondary N) is 2. The van der Waals surface area contributed by atoms with Gasteiger partial charge in [0.25, 0.3) is 0 Å². The van der Waals surface area contributed by atoms with Crippen molar-refractivity contribution in [2.75, 3.05) is 7.05 Å². The first-order chi connectivity index (χ1) is 10.0. The lowest BCUT2D eigenvalue weighted by Gasteiger charge is -2.41. The zero-order chi connectivity index (χ0) is 15.1. The van der Waals surface area contributed by atoms with Crippen molar-refractivity contribution in [3.8, 4) is 0 Å². The number of aliphatic imine (C=N–C) groups is 1. The average molecular weight is 290 g/mol. The lowest BCUT2D eigenvalue weighted by molar-refractivity contribution is -0.519. The van der Waals surface area contributed by atoms with Crippen molar-refractivity contribution in [3.63, 3.8) is 0 Å². The number of carbonyl (C=O) groups excluding carboxylic acids is 2. The average Bonchev–Trinajstić information content (AvgIpc) is 2.47. The van der Waals surface area contributed by atoms with E-state index in [0.717, 1.165) is 5.71 Å². The van der Waals surface area contributed by atoms with Gasteiger partial charge in [-0.15, -0.1) is 0 Å². The van der Waals surface area contributed by atoms with Crippen LogP contribution in [0.2, 0.25) is 0 Å². The molecule has 21 heavy (non-hydrogen) atoms. The molecule has 0 aromatic rings. The third-order valence-corrected chi connectivity index (χ3v) is 4.24. The fourth-order valence-corrected chi connectivity index (χ4v) is 3.21. The second-order valence-electron chi connectivity index (χ2n) is 5.32. The van der Waals surface area contributed by atoms with Gasteiger partial charge in [0.2, 0.25) is 6.04 Å². The Hall–Kier alpha value is -2.51. The van der Waals surface area contributed by atoms with Gasteiger partial charge in [0.15, 0.2) is 0 Å². The summed E-state index contributed by atoms with van der Waals surface area (Å²) in [4.78, 5) is 38.0. The van der Waals surface area contributed by atoms with Crippen molar-refractivity contribution < 1.29 is 14.5 Å². The van der Waals surface area contributed by atoms with Crippen molar-refractivity contribution in [1.82, 2.24) is 10.6 Å². The van der Waals surface area contributed by atoms with E-state index in [2.05, 4.69) is 15.6 Å². The topological polar surface area (TPSA) is 114 Å². The first kappa shape index (κ1) is 13.5. The maximum atomic E-state index is 11.6. The number of nitro groups is 1. The molecule has 110 valence electrons. The molecule has 0 aromatic carbocycles. The molecule has 1 saturated heterocycles. The minimum Gasteiger partial charge on any atom is -0.339 e. The third-order valence-electron chi connectivity index (χ3n) is 4.24. The summed E-state index contributed by atoms with van der Waals surface area (Å²) < 4.78 is 0. The number of fused-ring (bicyclic) bond motifs is 3. The molecule has 3 aliphatic rings. The number of piperazine rings is 1. The van der Waals surface area contributed by atoms with Crippen LogP contribution in [0.15, 0.2) is 28.9 Å². The van der Waals surface area contributed by atoms with Crippen molar-refractivity contribution in [1.29, 1.82) is 0 Å². The number of rotatable bonds is 1. The SMILES string of the molecule is CN=C1C=CC2C(C1)C1NC(=O)C(=O)NC1=CC2[N+](=O)[O-]. The molecule has 0 bridgehead atoms. The van der Waals surface area contributed by atoms with E-state index in [-0.39, 0.29) is 16.8 Å². The van der Waals surface area contributed by atoms with Gasteiger partial charge in [-0.25, -0.2) is 0 Å². The summed E-state index contributed by atoms with van der Waals surface area (Å²) in [6.07, 6.45) is 5.53. The van der Waals surface area contributed by atoms with E-state index < -0.39 is 23.9 Å². The van der Waals surface area contributed by atoms with Crippen LogP contribution in [0.3, 0.4) is 0 Å². The molecule has 1 fully saturated rings. The van der Waals surface area contributed by atoms with Crippen molar-refractivity contribution in [2.24, 2.45) is 16.8 Å². The van der Waals surface area contributed by atoms with Crippen LogP contribution in [-0.2, 0) is 9.59 Å². The minimum absolute atomic E-state index is 0.186. The lowest BCUT2D eigenvalue weighted by Crippen LogP contribution is -2.61. The number of nitrogens with zero attached hydrogens (tertiary/aromatic N) is 2. The molecular weight excluding hydrogens is 276 g/mol. The Morgan fingerprint density at radius 3 is 2.81 bits per heavy atom. The van der Waals surface area contributed by atoms with Crippen LogP contribution in [0.4, 0.5) is 0 Å². The van der Waals surface area contributed by atoms with Crippen molar-refractivity contribution in [3.05, 3.63) is 34.0 Å². The standard InChI is InChI=1S/C13H14N4O4/c1-14-6-2-3-7-8(4-6)11-9(5-10(7)17(20)21)15-12(18)13(19)16-11/h2-3,5,7-8,10-11H,4H2,1H3,(H,15,18)(H,16,19). The van der Waals surface area contributed by atoms with E-state index in [1.54, 1.807) is 19.2 Å². The Morgan fingerprint density at radius 1 is 1.38 bits per heavy atom. The number of hydrogen-bond acceptors (Lipinski definition) is 5. The summed E-state index contributed by atoms with van der Waals surface area (Å²) in [6.45, 7) is 0. The van der Waals surface area contributed by atoms with Crippen LogP contribution in [0.1, 0.15) is 6.42 Å². The monoisotopic (exact) mass is 290 g/mol. The summed E-state index contributed by atoms with van der Waals surface area (Å²) in [5, 5.41) is 16.4. The second kappa shape index (κ2) is 4.80. The maximum absolute atomic E-state index is 11.6. The zero-order valence-corrected chi connectivity index (χ0v) is 11.3. The second-order valence-corrected chi connectivity index (χ2v) is 5.32. The van der Waals surface area contributed by atoms with Crippen LogP contribution in [0, 0.1) is 22.0 Å². The largest absolute Gasteiger partial charge is 0.339 e. The molecule has 2 aliphatic carbocycles. The summed E-state index contributed by atoms with van der Waals surface area (Å²) in [7, 11) is 1.66. The van der Waals surface area contributed by atoms with Gasteiger partial charge >= 0.3 is 11.8 Å². The molecule has 4 atom stereocenters. The predicted octanol–water partition coefficient (Wildman–Crippen LogP) is -0.593. The Labute approximate surface area is 120 Å². The normalized spacial score (nSPS) is 36.2. The highest BCUT2D eigenvalue weighted by molar-refractivity contribution is 6.36. The molecule has 8 nitrogen and oxygen atoms in total. The van der Waals surface area contributed by atoms with Gasteiger partial charge in [0.1, 0.15) is 0 Å². The molecule has 1 heterocycles. The Bertz CT molecular complexity index is 622. The predicted molar refractivity (Wildman–Crippen MR) is 73.0 cm³/mol. The number of carbonyl (C=O) groups is 2. The molecular formula is C13H14N4O4. The Morgan fingerprint density at radius 2 is 2.14 bits per heavy atom. The molecule has 4 unspecified atom stereocenters. The fraction of sp³-hybridized carbons (Fsp3) is 0.462. The molecule has 1 aliphatic heterocycles. The lowest BCUT2D eigenvalue weighted by atomic mass is 9.70. The quantitative estimate of drug-likeness (QED) is 0.381. The van der Waals surface area contributed by atoms with Crippen LogP contribution < -0.4 is 10.6 Å². The van der Waals surface area contributed by atoms with Crippen LogP contribution in [0.25, 0.3) is 0 Å². The first-order valence-corrected chi connectivity index (χ1v) is 6.62. The zero-order valence-electron chi connectivity index (χ0n) is 11.3. The van der Waals surface area contributed by atoms with Gasteiger partial charge in [0, 0.05) is 35.4 Å². The molecule has 3 rings (SSSR count). The molecule has 2 N–H and O–H groups in total. The van der Waals surface area contributed by atoms with E-state index >= 15 is 0 Å². The van der Waals surface area contributed by atoms with E-state index in [1.807, 2.05) is 0 Å². The van der Waals surface area contributed by atoms with Gasteiger partial charge < -0.3 is 10.6 Å². The Balaban J connectivity index is 2.03. The molecule has 0 aromatic heterocycles. The third kappa shape index (κ3) is 2.12. The van der Waals surface area contributed by atoms with E-state index in [9.17, 15) is 19.7 Å². The number of amides is 2. The summed E-state index contributed by atoms with van der Waals surface area (Å²) in [5.41, 5.74) is 1.24. The van der Waals surface area contributed by atoms with E-state index in [0.29, 0.717) is 12.1 Å². The van der Waals surface area contributed by atoms with Gasteiger partial charge in [-0.2, -0.15) is 0 Å². The molecule has 0 saturated carbocycles. The highest BCUT2D eigenvalue weighted by Crippen LogP contribution is 2.37. The summed E-state index contributed by atoms with van der Waals surface area (Å²) >= 11 is 0. The first-order valence-electron chi connectivity index (χ1n) is 6.62. The van der Waals surface area contributed by atoms with Gasteiger partial charge in [0.05, 0.1) is 12.0 Å². The maximum Gasteiger partial charge on any atom is 0.313 e. The summed E-state index contributed by atoms with van der Waals surface area (Å²) in [5.74, 6) is -2.00. The number of hydrogen-bond donors (Lipinski definition) is 2. The van der Waals surface area contributed by atoms with E-state index in [1.165, 1.54) is 6.08 Å². The van der Waals surface area contributed by atoms with Crippen LogP contribution >= 0.6 is 0 Å². The fourth-order valence-electron chi connectivity index (χ4n) is 3.21. The molecule has 0 spiro atoms. The highest BCUT2D eigenvalue weighted by atomic mass is 16.6. The van der Waals surface area contributed by atoms with Crippen molar-refractivity contribution >= 4 is 17.5 Å². The molecule has 0 radical (unpaired) electrons. The van der Waals surface area contributed by atoms with Crippen molar-refractivity contribution in [2.45, 2.75) is 18.5 Å². The highest BCUT2D eigenvalue weighted by Gasteiger charge is 2.48. The molecule has 2 amide bonds. The Kier molecular flexibility index (Phi) is 3.08. The summed E-state index contributed by atoms with van der Waals surface area (Å²) in [6, 6.07) is -1.33. The number of allylic oxidation sites excluding steroid dienone is 1. The minimum atomic E-state index is -0.911.